The van der Waals surface area contributed by atoms with Crippen LogP contribution in [0.5, 0.6) is 0 Å². The van der Waals surface area contributed by atoms with E-state index in [0.29, 0.717) is 13.2 Å². The highest BCUT2D eigenvalue weighted by Gasteiger charge is 2.22. The summed E-state index contributed by atoms with van der Waals surface area (Å²) in [5, 5.41) is 0. The molecule has 3 heteroatoms. The highest BCUT2D eigenvalue weighted by Crippen LogP contribution is 2.26. The van der Waals surface area contributed by atoms with E-state index in [0.717, 1.165) is 25.5 Å². The van der Waals surface area contributed by atoms with Gasteiger partial charge in [-0.1, -0.05) is 30.3 Å². The van der Waals surface area contributed by atoms with E-state index in [1.807, 2.05) is 0 Å². The first-order valence-corrected chi connectivity index (χ1v) is 6.95. The maximum Gasteiger partial charge on any atom is 0.0588 e. The van der Waals surface area contributed by atoms with Crippen molar-refractivity contribution in [2.75, 3.05) is 39.4 Å². The van der Waals surface area contributed by atoms with Crippen LogP contribution < -0.4 is 5.73 Å². The van der Waals surface area contributed by atoms with Gasteiger partial charge < -0.3 is 15.4 Å². The monoisotopic (exact) mass is 248 g/mol. The van der Waals surface area contributed by atoms with Crippen LogP contribution in [0, 0.1) is 0 Å². The molecule has 1 unspecified atom stereocenters. The van der Waals surface area contributed by atoms with Crippen molar-refractivity contribution in [2.45, 2.75) is 18.8 Å². The Hall–Kier alpha value is -0.900. The summed E-state index contributed by atoms with van der Waals surface area (Å²) in [7, 11) is 0. The minimum atomic E-state index is 0.625. The Bertz CT molecular complexity index is 329. The number of hydrogen-bond acceptors (Lipinski definition) is 3. The zero-order chi connectivity index (χ0) is 12.6. The molecule has 2 N–H and O–H groups in total. The molecule has 0 aromatic heterocycles. The summed E-state index contributed by atoms with van der Waals surface area (Å²) in [6.07, 6.45) is 2.40. The number of nitrogens with zero attached hydrogens (tertiary/aromatic N) is 1. The molecule has 1 aromatic carbocycles. The third-order valence-corrected chi connectivity index (χ3v) is 3.57. The molecule has 0 radical (unpaired) electrons. The van der Waals surface area contributed by atoms with Crippen molar-refractivity contribution < 1.29 is 4.74 Å². The van der Waals surface area contributed by atoms with Crippen LogP contribution in [0.1, 0.15) is 24.3 Å². The highest BCUT2D eigenvalue weighted by molar-refractivity contribution is 5.20. The van der Waals surface area contributed by atoms with Gasteiger partial charge in [0.05, 0.1) is 6.61 Å². The van der Waals surface area contributed by atoms with Crippen LogP contribution in [0.15, 0.2) is 30.3 Å². The summed E-state index contributed by atoms with van der Waals surface area (Å²) < 4.78 is 5.40. The number of hydrogen-bond donors (Lipinski definition) is 1. The summed E-state index contributed by atoms with van der Waals surface area (Å²) in [6.45, 7) is 5.71. The van der Waals surface area contributed by atoms with Crippen molar-refractivity contribution in [3.63, 3.8) is 0 Å². The third kappa shape index (κ3) is 4.09. The van der Waals surface area contributed by atoms with Crippen LogP contribution >= 0.6 is 0 Å². The van der Waals surface area contributed by atoms with Gasteiger partial charge in [-0.25, -0.2) is 0 Å². The fourth-order valence-corrected chi connectivity index (χ4v) is 2.61. The van der Waals surface area contributed by atoms with Gasteiger partial charge in [-0.15, -0.1) is 0 Å². The van der Waals surface area contributed by atoms with Gasteiger partial charge in [0.2, 0.25) is 0 Å². The molecule has 1 saturated heterocycles. The SMILES string of the molecule is NCCOCCCN1CCC(c2ccccc2)C1. The van der Waals surface area contributed by atoms with Crippen LogP contribution in [0.25, 0.3) is 0 Å². The average molecular weight is 248 g/mol. The molecule has 100 valence electrons. The van der Waals surface area contributed by atoms with Gasteiger partial charge in [0, 0.05) is 26.2 Å². The Morgan fingerprint density at radius 1 is 1.22 bits per heavy atom. The molecular weight excluding hydrogens is 224 g/mol. The highest BCUT2D eigenvalue weighted by atomic mass is 16.5. The van der Waals surface area contributed by atoms with E-state index in [4.69, 9.17) is 10.5 Å². The molecule has 0 saturated carbocycles. The van der Waals surface area contributed by atoms with E-state index in [1.54, 1.807) is 0 Å². The summed E-state index contributed by atoms with van der Waals surface area (Å²) in [6, 6.07) is 10.9. The first-order chi connectivity index (χ1) is 8.90. The van der Waals surface area contributed by atoms with Gasteiger partial charge >= 0.3 is 0 Å². The Balaban J connectivity index is 1.66. The Labute approximate surface area is 110 Å². The van der Waals surface area contributed by atoms with Crippen molar-refractivity contribution in [1.82, 2.24) is 4.90 Å². The maximum absolute atomic E-state index is 5.40. The van der Waals surface area contributed by atoms with Gasteiger partial charge in [-0.3, -0.25) is 0 Å². The van der Waals surface area contributed by atoms with E-state index in [-0.39, 0.29) is 0 Å². The summed E-state index contributed by atoms with van der Waals surface area (Å²) in [5.41, 5.74) is 6.87. The quantitative estimate of drug-likeness (QED) is 0.748. The van der Waals surface area contributed by atoms with E-state index in [1.165, 1.54) is 25.1 Å². The Morgan fingerprint density at radius 2 is 2.06 bits per heavy atom. The van der Waals surface area contributed by atoms with E-state index in [9.17, 15) is 0 Å². The molecule has 1 aliphatic rings. The summed E-state index contributed by atoms with van der Waals surface area (Å²) >= 11 is 0. The van der Waals surface area contributed by atoms with Crippen LogP contribution in [0.4, 0.5) is 0 Å². The number of likely N-dealkylation sites (tertiary alicyclic amines) is 1. The summed E-state index contributed by atoms with van der Waals surface area (Å²) in [5.74, 6) is 0.719. The normalized spacial score (nSPS) is 20.4. The van der Waals surface area contributed by atoms with Gasteiger partial charge in [-0.2, -0.15) is 0 Å². The van der Waals surface area contributed by atoms with Crippen molar-refractivity contribution in [1.29, 1.82) is 0 Å². The molecule has 2 rings (SSSR count). The number of benzene rings is 1. The predicted octanol–water partition coefficient (Wildman–Crippen LogP) is 1.84. The molecule has 18 heavy (non-hydrogen) atoms. The minimum absolute atomic E-state index is 0.625. The largest absolute Gasteiger partial charge is 0.380 e. The number of ether oxygens (including phenoxy) is 1. The minimum Gasteiger partial charge on any atom is -0.380 e. The average Bonchev–Trinajstić information content (AvgIpc) is 2.88. The van der Waals surface area contributed by atoms with Gasteiger partial charge in [-0.05, 0) is 30.9 Å². The molecule has 0 aliphatic carbocycles. The van der Waals surface area contributed by atoms with Gasteiger partial charge in [0.25, 0.3) is 0 Å². The lowest BCUT2D eigenvalue weighted by Gasteiger charge is -2.16. The fourth-order valence-electron chi connectivity index (χ4n) is 2.61. The molecule has 1 fully saturated rings. The topological polar surface area (TPSA) is 38.5 Å². The first-order valence-electron chi connectivity index (χ1n) is 6.95. The van der Waals surface area contributed by atoms with Gasteiger partial charge in [0.15, 0.2) is 0 Å². The molecule has 0 bridgehead atoms. The lowest BCUT2D eigenvalue weighted by atomic mass is 9.99. The fraction of sp³-hybridized carbons (Fsp3) is 0.600. The lowest BCUT2D eigenvalue weighted by Crippen LogP contribution is -2.23. The predicted molar refractivity (Wildman–Crippen MR) is 74.7 cm³/mol. The van der Waals surface area contributed by atoms with Crippen LogP contribution in [-0.4, -0.2) is 44.3 Å². The van der Waals surface area contributed by atoms with Crippen molar-refractivity contribution >= 4 is 0 Å². The second kappa shape index (κ2) is 7.52. The van der Waals surface area contributed by atoms with Crippen molar-refractivity contribution in [3.8, 4) is 0 Å². The molecule has 3 nitrogen and oxygen atoms in total. The second-order valence-corrected chi connectivity index (χ2v) is 4.95. The van der Waals surface area contributed by atoms with Crippen molar-refractivity contribution in [2.24, 2.45) is 5.73 Å². The second-order valence-electron chi connectivity index (χ2n) is 4.95. The van der Waals surface area contributed by atoms with Crippen LogP contribution in [0.2, 0.25) is 0 Å². The molecule has 0 amide bonds. The Morgan fingerprint density at radius 3 is 2.83 bits per heavy atom. The molecular formula is C15H24N2O. The molecule has 0 spiro atoms. The van der Waals surface area contributed by atoms with E-state index in [2.05, 4.69) is 35.2 Å². The van der Waals surface area contributed by atoms with E-state index >= 15 is 0 Å². The van der Waals surface area contributed by atoms with Crippen LogP contribution in [-0.2, 0) is 4.74 Å². The smallest absolute Gasteiger partial charge is 0.0588 e. The first kappa shape index (κ1) is 13.5. The van der Waals surface area contributed by atoms with Crippen LogP contribution in [0.3, 0.4) is 0 Å². The summed E-state index contributed by atoms with van der Waals surface area (Å²) in [4.78, 5) is 2.55. The molecule has 1 aliphatic heterocycles. The standard InChI is InChI=1S/C15H24N2O/c16-8-12-18-11-4-9-17-10-7-15(13-17)14-5-2-1-3-6-14/h1-3,5-6,15H,4,7-13,16H2. The molecule has 1 aromatic rings. The third-order valence-electron chi connectivity index (χ3n) is 3.57. The molecule has 1 heterocycles. The number of nitrogens with two attached hydrogens (primary N) is 1. The number of rotatable bonds is 7. The van der Waals surface area contributed by atoms with Crippen molar-refractivity contribution in [3.05, 3.63) is 35.9 Å². The van der Waals surface area contributed by atoms with Gasteiger partial charge in [0.1, 0.15) is 0 Å². The zero-order valence-corrected chi connectivity index (χ0v) is 11.1. The van der Waals surface area contributed by atoms with E-state index < -0.39 is 0 Å². The zero-order valence-electron chi connectivity index (χ0n) is 11.1. The lowest BCUT2D eigenvalue weighted by molar-refractivity contribution is 0.130. The Kier molecular flexibility index (Phi) is 5.65. The maximum atomic E-state index is 5.40. The molecule has 1 atom stereocenters.